The maximum Gasteiger partial charge on any atom is 0.387 e. The lowest BCUT2D eigenvalue weighted by Gasteiger charge is -2.08. The number of rotatable bonds is 3. The molecule has 0 aliphatic carbocycles. The van der Waals surface area contributed by atoms with Crippen LogP contribution >= 0.6 is 11.6 Å². The third-order valence-corrected chi connectivity index (χ3v) is 3.18. The number of ether oxygens (including phenoxy) is 3. The van der Waals surface area contributed by atoms with Crippen molar-refractivity contribution in [3.63, 3.8) is 0 Å². The van der Waals surface area contributed by atoms with Gasteiger partial charge in [0.15, 0.2) is 0 Å². The Kier molecular flexibility index (Phi) is 4.34. The highest BCUT2D eigenvalue weighted by Crippen LogP contribution is 2.31. The number of esters is 2. The van der Waals surface area contributed by atoms with E-state index in [-0.39, 0.29) is 40.9 Å². The minimum absolute atomic E-state index is 0.0654. The first-order valence-corrected chi connectivity index (χ1v) is 7.05. The second-order valence-corrected chi connectivity index (χ2v) is 5.15. The third kappa shape index (κ3) is 3.62. The Labute approximate surface area is 138 Å². The number of aromatic nitrogens is 2. The second kappa shape index (κ2) is 6.44. The van der Waals surface area contributed by atoms with Crippen molar-refractivity contribution in [3.05, 3.63) is 29.4 Å². The fourth-order valence-electron chi connectivity index (χ4n) is 2.00. The number of carbonyl (C=O) groups excluding carboxylic acids is 2. The van der Waals surface area contributed by atoms with E-state index < -0.39 is 18.6 Å². The molecular formula is C14H9ClF2N2O5. The number of hydrogen-bond acceptors (Lipinski definition) is 6. The summed E-state index contributed by atoms with van der Waals surface area (Å²) in [5.41, 5.74) is 0.247. The second-order valence-electron chi connectivity index (χ2n) is 4.71. The summed E-state index contributed by atoms with van der Waals surface area (Å²) in [4.78, 5) is 23.0. The third-order valence-electron chi connectivity index (χ3n) is 2.96. The van der Waals surface area contributed by atoms with Gasteiger partial charge in [0.1, 0.15) is 5.75 Å². The Bertz CT molecular complexity index is 773. The molecule has 0 amide bonds. The van der Waals surface area contributed by atoms with Crippen molar-refractivity contribution < 1.29 is 32.6 Å². The Morgan fingerprint density at radius 3 is 2.58 bits per heavy atom. The predicted octanol–water partition coefficient (Wildman–Crippen LogP) is 2.73. The molecule has 24 heavy (non-hydrogen) atoms. The fourth-order valence-corrected chi connectivity index (χ4v) is 2.22. The number of benzene rings is 1. The first-order chi connectivity index (χ1) is 11.4. The van der Waals surface area contributed by atoms with E-state index in [2.05, 4.69) is 9.84 Å². The minimum Gasteiger partial charge on any atom is -0.435 e. The lowest BCUT2D eigenvalue weighted by molar-refractivity contribution is -0.142. The van der Waals surface area contributed by atoms with E-state index in [1.54, 1.807) is 0 Å². The van der Waals surface area contributed by atoms with Crippen LogP contribution in [-0.4, -0.2) is 28.3 Å². The van der Waals surface area contributed by atoms with Crippen LogP contribution in [0.15, 0.2) is 24.4 Å². The van der Waals surface area contributed by atoms with E-state index in [0.29, 0.717) is 0 Å². The van der Waals surface area contributed by atoms with E-state index in [4.69, 9.17) is 21.1 Å². The smallest absolute Gasteiger partial charge is 0.387 e. The van der Waals surface area contributed by atoms with Gasteiger partial charge in [-0.1, -0.05) is 11.6 Å². The van der Waals surface area contributed by atoms with Crippen LogP contribution in [0, 0.1) is 0 Å². The number of carbonyl (C=O) groups is 2. The van der Waals surface area contributed by atoms with Crippen molar-refractivity contribution in [3.8, 4) is 23.1 Å². The summed E-state index contributed by atoms with van der Waals surface area (Å²) >= 11 is 5.87. The molecule has 0 saturated heterocycles. The van der Waals surface area contributed by atoms with Crippen LogP contribution in [0.25, 0.3) is 5.69 Å². The summed E-state index contributed by atoms with van der Waals surface area (Å²) < 4.78 is 40.2. The van der Waals surface area contributed by atoms with Crippen LogP contribution in [0.3, 0.4) is 0 Å². The molecule has 0 fully saturated rings. The van der Waals surface area contributed by atoms with Crippen LogP contribution in [0.4, 0.5) is 8.78 Å². The van der Waals surface area contributed by atoms with Gasteiger partial charge in [-0.15, -0.1) is 5.10 Å². The zero-order chi connectivity index (χ0) is 17.3. The van der Waals surface area contributed by atoms with Gasteiger partial charge in [0, 0.05) is 11.1 Å². The van der Waals surface area contributed by atoms with Gasteiger partial charge in [0.05, 0.1) is 24.7 Å². The fraction of sp³-hybridized carbons (Fsp3) is 0.214. The van der Waals surface area contributed by atoms with Gasteiger partial charge in [-0.05, 0) is 12.1 Å². The molecule has 0 bridgehead atoms. The Morgan fingerprint density at radius 2 is 1.88 bits per heavy atom. The summed E-state index contributed by atoms with van der Waals surface area (Å²) in [5, 5.41) is 4.09. The van der Waals surface area contributed by atoms with Crippen molar-refractivity contribution in [2.24, 2.45) is 0 Å². The summed E-state index contributed by atoms with van der Waals surface area (Å²) in [6, 6.07) is 3.88. The number of nitrogens with zero attached hydrogens (tertiary/aromatic N) is 2. The summed E-state index contributed by atoms with van der Waals surface area (Å²) in [6.07, 6.45) is 1.02. The van der Waals surface area contributed by atoms with Gasteiger partial charge in [-0.3, -0.25) is 9.59 Å². The predicted molar refractivity (Wildman–Crippen MR) is 75.7 cm³/mol. The molecule has 3 rings (SSSR count). The van der Waals surface area contributed by atoms with Crippen LogP contribution in [0.2, 0.25) is 5.02 Å². The first kappa shape index (κ1) is 16.2. The molecule has 10 heteroatoms. The minimum atomic E-state index is -3.02. The average molecular weight is 359 g/mol. The zero-order valence-corrected chi connectivity index (χ0v) is 12.6. The molecule has 0 radical (unpaired) electrons. The van der Waals surface area contributed by atoms with Crippen molar-refractivity contribution in [2.75, 3.05) is 0 Å². The average Bonchev–Trinajstić information content (AvgIpc) is 2.85. The maximum absolute atomic E-state index is 12.3. The van der Waals surface area contributed by atoms with Crippen LogP contribution in [0.1, 0.15) is 12.8 Å². The van der Waals surface area contributed by atoms with E-state index in [0.717, 1.165) is 0 Å². The molecular weight excluding hydrogens is 350 g/mol. The first-order valence-electron chi connectivity index (χ1n) is 6.67. The molecule has 0 saturated carbocycles. The van der Waals surface area contributed by atoms with Gasteiger partial charge in [-0.2, -0.15) is 8.78 Å². The van der Waals surface area contributed by atoms with Crippen molar-refractivity contribution in [1.82, 2.24) is 9.78 Å². The molecule has 126 valence electrons. The zero-order valence-electron chi connectivity index (χ0n) is 11.9. The van der Waals surface area contributed by atoms with Crippen LogP contribution in [-0.2, 0) is 9.59 Å². The lowest BCUT2D eigenvalue weighted by atomic mass is 10.3. The molecule has 7 nitrogen and oxygen atoms in total. The quantitative estimate of drug-likeness (QED) is 0.785. The summed E-state index contributed by atoms with van der Waals surface area (Å²) in [6.45, 7) is -3.02. The van der Waals surface area contributed by atoms with Gasteiger partial charge < -0.3 is 14.2 Å². The molecule has 0 unspecified atom stereocenters. The van der Waals surface area contributed by atoms with Gasteiger partial charge >= 0.3 is 18.6 Å². The van der Waals surface area contributed by atoms with E-state index >= 15 is 0 Å². The highest BCUT2D eigenvalue weighted by molar-refractivity contribution is 6.30. The normalized spacial score (nSPS) is 14.5. The maximum atomic E-state index is 12.3. The highest BCUT2D eigenvalue weighted by atomic mass is 35.5. The van der Waals surface area contributed by atoms with Gasteiger partial charge in [0.25, 0.3) is 5.88 Å². The van der Waals surface area contributed by atoms with E-state index in [1.807, 2.05) is 0 Å². The monoisotopic (exact) mass is 358 g/mol. The Morgan fingerprint density at radius 1 is 1.17 bits per heavy atom. The largest absolute Gasteiger partial charge is 0.435 e. The Balaban J connectivity index is 1.98. The van der Waals surface area contributed by atoms with Gasteiger partial charge in [0.2, 0.25) is 5.75 Å². The molecule has 2 aromatic rings. The van der Waals surface area contributed by atoms with Crippen molar-refractivity contribution in [1.29, 1.82) is 0 Å². The molecule has 1 aliphatic heterocycles. The van der Waals surface area contributed by atoms with Crippen LogP contribution < -0.4 is 14.2 Å². The van der Waals surface area contributed by atoms with Crippen LogP contribution in [0.5, 0.6) is 17.4 Å². The summed E-state index contributed by atoms with van der Waals surface area (Å²) in [5.74, 6) is -1.69. The number of hydrogen-bond donors (Lipinski definition) is 0. The number of fused-ring (bicyclic) bond motifs is 1. The molecule has 1 aromatic heterocycles. The molecule has 0 atom stereocenters. The molecule has 2 heterocycles. The molecule has 0 N–H and O–H groups in total. The topological polar surface area (TPSA) is 79.7 Å². The highest BCUT2D eigenvalue weighted by Gasteiger charge is 2.23. The van der Waals surface area contributed by atoms with Crippen molar-refractivity contribution >= 4 is 23.5 Å². The van der Waals surface area contributed by atoms with Crippen molar-refractivity contribution in [2.45, 2.75) is 19.5 Å². The number of alkyl halides is 2. The molecule has 1 aromatic carbocycles. The van der Waals surface area contributed by atoms with E-state index in [9.17, 15) is 18.4 Å². The SMILES string of the molecule is O=C1CCC(=O)Oc2nn(-c3cc(Cl)cc(OC(F)F)c3)cc2O1. The molecule has 1 aliphatic rings. The van der Waals surface area contributed by atoms with E-state index in [1.165, 1.54) is 29.1 Å². The number of halogens is 3. The standard InChI is InChI=1S/C14H9ClF2N2O5/c15-7-3-8(5-9(4-7)22-14(16)17)19-6-10-13(18-19)24-12(21)2-1-11(20)23-10/h3-6,14H,1-2H2. The lowest BCUT2D eigenvalue weighted by Crippen LogP contribution is -2.17. The molecule has 0 spiro atoms. The summed E-state index contributed by atoms with van der Waals surface area (Å²) in [7, 11) is 0. The Hall–Kier alpha value is -2.68. The van der Waals surface area contributed by atoms with Gasteiger partial charge in [-0.25, -0.2) is 4.68 Å².